The third-order valence-corrected chi connectivity index (χ3v) is 8.43. The maximum Gasteiger partial charge on any atom is 0.307 e. The summed E-state index contributed by atoms with van der Waals surface area (Å²) in [5, 5.41) is 5.99. The van der Waals surface area contributed by atoms with Crippen molar-refractivity contribution >= 4 is 28.6 Å². The van der Waals surface area contributed by atoms with E-state index < -0.39 is 22.9 Å². The minimum absolute atomic E-state index is 0.0269. The number of anilines is 1. The number of hydrogen-bond acceptors (Lipinski definition) is 9. The SMILES string of the molecule is CC(C)(C)OC(=O)CC1(C(N)=O)CCN(c2cccc(-c3nn(C4CCCCO4)c4cnc(-c5cccnc5)cc34)n2)CC1. The quantitative estimate of drug-likeness (QED) is 0.290. The Morgan fingerprint density at radius 3 is 2.59 bits per heavy atom. The molecule has 2 aliphatic rings. The number of rotatable bonds is 7. The van der Waals surface area contributed by atoms with Gasteiger partial charge in [-0.05, 0) is 83.2 Å². The highest BCUT2D eigenvalue weighted by atomic mass is 16.6. The van der Waals surface area contributed by atoms with Crippen LogP contribution < -0.4 is 10.6 Å². The topological polar surface area (TPSA) is 138 Å². The molecule has 4 aromatic rings. The number of nitrogens with zero attached hydrogens (tertiary/aromatic N) is 6. The molecule has 0 aliphatic carbocycles. The van der Waals surface area contributed by atoms with Gasteiger partial charge in [0.05, 0.1) is 34.9 Å². The molecule has 2 N–H and O–H groups in total. The summed E-state index contributed by atoms with van der Waals surface area (Å²) in [6.45, 7) is 7.20. The molecule has 0 aromatic carbocycles. The fraction of sp³-hybridized carbons (Fsp3) is 0.455. The zero-order valence-corrected chi connectivity index (χ0v) is 25.5. The first-order valence-corrected chi connectivity index (χ1v) is 15.3. The first-order valence-electron chi connectivity index (χ1n) is 15.3. The molecule has 6 heterocycles. The third kappa shape index (κ3) is 6.14. The number of hydrogen-bond donors (Lipinski definition) is 1. The van der Waals surface area contributed by atoms with Crippen molar-refractivity contribution < 1.29 is 19.1 Å². The third-order valence-electron chi connectivity index (χ3n) is 8.43. The molecule has 1 unspecified atom stereocenters. The maximum atomic E-state index is 12.6. The van der Waals surface area contributed by atoms with E-state index in [0.29, 0.717) is 32.5 Å². The van der Waals surface area contributed by atoms with Crippen molar-refractivity contribution in [1.29, 1.82) is 0 Å². The van der Waals surface area contributed by atoms with E-state index in [1.165, 1.54) is 0 Å². The van der Waals surface area contributed by atoms with Crippen LogP contribution in [0.3, 0.4) is 0 Å². The Balaban J connectivity index is 1.30. The lowest BCUT2D eigenvalue weighted by atomic mass is 9.75. The Morgan fingerprint density at radius 2 is 1.91 bits per heavy atom. The summed E-state index contributed by atoms with van der Waals surface area (Å²) >= 11 is 0. The normalized spacial score (nSPS) is 18.7. The monoisotopic (exact) mass is 597 g/mol. The molecule has 11 nitrogen and oxygen atoms in total. The lowest BCUT2D eigenvalue weighted by molar-refractivity contribution is -0.160. The standard InChI is InChI=1S/C33H39N7O4/c1-32(2,3)44-29(41)19-33(31(34)42)12-15-39(16-13-33)27-10-6-9-24(37-27)30-23-18-25(22-8-7-14-35-20-22)36-21-26(23)40(38-30)28-11-4-5-17-43-28/h6-10,14,18,20-21,28H,4-5,11-13,15-17,19H2,1-3H3,(H2,34,42). The fourth-order valence-corrected chi connectivity index (χ4v) is 6.09. The molecule has 0 saturated carbocycles. The highest BCUT2D eigenvalue weighted by Gasteiger charge is 2.43. The van der Waals surface area contributed by atoms with E-state index in [9.17, 15) is 9.59 Å². The molecule has 4 aromatic heterocycles. The van der Waals surface area contributed by atoms with Gasteiger partial charge in [-0.3, -0.25) is 19.6 Å². The van der Waals surface area contributed by atoms with Crippen molar-refractivity contribution in [2.45, 2.75) is 71.1 Å². The van der Waals surface area contributed by atoms with E-state index in [0.717, 1.165) is 58.6 Å². The molecule has 2 aliphatic heterocycles. The lowest BCUT2D eigenvalue weighted by Gasteiger charge is -2.40. The van der Waals surface area contributed by atoms with Gasteiger partial charge >= 0.3 is 5.97 Å². The summed E-state index contributed by atoms with van der Waals surface area (Å²) in [7, 11) is 0. The van der Waals surface area contributed by atoms with Gasteiger partial charge in [0.1, 0.15) is 17.1 Å². The molecule has 230 valence electrons. The summed E-state index contributed by atoms with van der Waals surface area (Å²) < 4.78 is 13.6. The van der Waals surface area contributed by atoms with Gasteiger partial charge in [0.2, 0.25) is 5.91 Å². The number of primary amides is 1. The second-order valence-corrected chi connectivity index (χ2v) is 12.7. The van der Waals surface area contributed by atoms with Crippen molar-refractivity contribution in [2.24, 2.45) is 11.1 Å². The van der Waals surface area contributed by atoms with E-state index in [1.807, 2.05) is 68.0 Å². The summed E-state index contributed by atoms with van der Waals surface area (Å²) in [5.74, 6) is -0.102. The number of piperidine rings is 1. The summed E-state index contributed by atoms with van der Waals surface area (Å²) in [6.07, 6.45) is 9.07. The van der Waals surface area contributed by atoms with Crippen LogP contribution in [0.1, 0.15) is 65.5 Å². The first-order chi connectivity index (χ1) is 21.1. The van der Waals surface area contributed by atoms with Gasteiger partial charge in [-0.2, -0.15) is 5.10 Å². The van der Waals surface area contributed by atoms with Crippen molar-refractivity contribution in [3.63, 3.8) is 0 Å². The van der Waals surface area contributed by atoms with Crippen LogP contribution in [-0.4, -0.2) is 61.9 Å². The van der Waals surface area contributed by atoms with Crippen LogP contribution in [0.5, 0.6) is 0 Å². The first kappa shape index (κ1) is 29.7. The lowest BCUT2D eigenvalue weighted by Crippen LogP contribution is -2.49. The number of carbonyl (C=O) groups excluding carboxylic acids is 2. The summed E-state index contributed by atoms with van der Waals surface area (Å²) in [6, 6.07) is 11.8. The summed E-state index contributed by atoms with van der Waals surface area (Å²) in [4.78, 5) is 41.4. The van der Waals surface area contributed by atoms with Crippen LogP contribution in [-0.2, 0) is 19.1 Å². The zero-order valence-electron chi connectivity index (χ0n) is 25.5. The van der Waals surface area contributed by atoms with E-state index >= 15 is 0 Å². The average Bonchev–Trinajstić information content (AvgIpc) is 3.40. The predicted molar refractivity (Wildman–Crippen MR) is 166 cm³/mol. The van der Waals surface area contributed by atoms with Crippen molar-refractivity contribution in [3.05, 3.63) is 55.0 Å². The molecule has 6 rings (SSSR count). The number of nitrogens with two attached hydrogens (primary N) is 1. The van der Waals surface area contributed by atoms with Gasteiger partial charge in [-0.15, -0.1) is 0 Å². The van der Waals surface area contributed by atoms with Crippen molar-refractivity contribution in [3.8, 4) is 22.6 Å². The Kier molecular flexibility index (Phi) is 8.06. The zero-order chi connectivity index (χ0) is 30.9. The van der Waals surface area contributed by atoms with Crippen molar-refractivity contribution in [1.82, 2.24) is 24.7 Å². The van der Waals surface area contributed by atoms with Crippen LogP contribution in [0.2, 0.25) is 0 Å². The van der Waals surface area contributed by atoms with Crippen LogP contribution >= 0.6 is 0 Å². The van der Waals surface area contributed by atoms with E-state index in [1.54, 1.807) is 12.4 Å². The number of aromatic nitrogens is 5. The van der Waals surface area contributed by atoms with E-state index in [4.69, 9.17) is 30.3 Å². The van der Waals surface area contributed by atoms with Crippen molar-refractivity contribution in [2.75, 3.05) is 24.6 Å². The average molecular weight is 598 g/mol. The van der Waals surface area contributed by atoms with Crippen LogP contribution in [0, 0.1) is 5.41 Å². The number of ether oxygens (including phenoxy) is 2. The second-order valence-electron chi connectivity index (χ2n) is 12.7. The molecular weight excluding hydrogens is 558 g/mol. The Labute approximate surface area is 256 Å². The molecule has 44 heavy (non-hydrogen) atoms. The Bertz CT molecular complexity index is 1650. The fourth-order valence-electron chi connectivity index (χ4n) is 6.09. The van der Waals surface area contributed by atoms with Gasteiger partial charge < -0.3 is 20.1 Å². The highest BCUT2D eigenvalue weighted by molar-refractivity contribution is 5.94. The summed E-state index contributed by atoms with van der Waals surface area (Å²) in [5.41, 5.74) is 8.37. The molecule has 0 bridgehead atoms. The van der Waals surface area contributed by atoms with Gasteiger partial charge in [-0.1, -0.05) is 6.07 Å². The van der Waals surface area contributed by atoms with Gasteiger partial charge in [0.25, 0.3) is 0 Å². The molecule has 11 heteroatoms. The molecule has 1 atom stereocenters. The maximum absolute atomic E-state index is 12.6. The predicted octanol–water partition coefficient (Wildman–Crippen LogP) is 5.06. The number of amides is 1. The van der Waals surface area contributed by atoms with Gasteiger partial charge in [0.15, 0.2) is 6.23 Å². The largest absolute Gasteiger partial charge is 0.460 e. The van der Waals surface area contributed by atoms with Crippen LogP contribution in [0.4, 0.5) is 5.82 Å². The van der Waals surface area contributed by atoms with Crippen LogP contribution in [0.25, 0.3) is 33.5 Å². The molecule has 0 radical (unpaired) electrons. The highest BCUT2D eigenvalue weighted by Crippen LogP contribution is 2.38. The minimum atomic E-state index is -0.943. The number of pyridine rings is 3. The molecule has 2 fully saturated rings. The molecule has 2 saturated heterocycles. The minimum Gasteiger partial charge on any atom is -0.460 e. The smallest absolute Gasteiger partial charge is 0.307 e. The van der Waals surface area contributed by atoms with Gasteiger partial charge in [0, 0.05) is 43.0 Å². The number of esters is 1. The molecule has 0 spiro atoms. The number of fused-ring (bicyclic) bond motifs is 1. The molecular formula is C33H39N7O4. The van der Waals surface area contributed by atoms with Crippen LogP contribution in [0.15, 0.2) is 55.0 Å². The van der Waals surface area contributed by atoms with E-state index in [2.05, 4.69) is 9.88 Å². The second kappa shape index (κ2) is 12.0. The Hall–Kier alpha value is -4.38. The van der Waals surface area contributed by atoms with Gasteiger partial charge in [-0.25, -0.2) is 9.67 Å². The Morgan fingerprint density at radius 1 is 1.09 bits per heavy atom. The van der Waals surface area contributed by atoms with E-state index in [-0.39, 0.29) is 12.6 Å². The molecule has 1 amide bonds. The number of carbonyl (C=O) groups is 2.